The fourth-order valence-corrected chi connectivity index (χ4v) is 2.95. The predicted molar refractivity (Wildman–Crippen MR) is 92.0 cm³/mol. The van der Waals surface area contributed by atoms with Crippen molar-refractivity contribution >= 4 is 39.1 Å². The van der Waals surface area contributed by atoms with Gasteiger partial charge in [-0.2, -0.15) is 5.10 Å². The number of benzene rings is 2. The Kier molecular flexibility index (Phi) is 4.32. The van der Waals surface area contributed by atoms with Crippen molar-refractivity contribution in [2.45, 2.75) is 19.4 Å². The van der Waals surface area contributed by atoms with E-state index in [1.165, 1.54) is 6.92 Å². The summed E-state index contributed by atoms with van der Waals surface area (Å²) in [5.41, 5.74) is 2.99. The highest BCUT2D eigenvalue weighted by atomic mass is 79.9. The van der Waals surface area contributed by atoms with Crippen LogP contribution in [0.15, 0.2) is 58.1 Å². The molecule has 0 saturated carbocycles. The molecule has 2 aromatic rings. The van der Waals surface area contributed by atoms with Gasteiger partial charge in [0.25, 0.3) is 0 Å². The lowest BCUT2D eigenvalue weighted by molar-refractivity contribution is -0.130. The second-order valence-corrected chi connectivity index (χ2v) is 6.54. The van der Waals surface area contributed by atoms with Gasteiger partial charge in [0.2, 0.25) is 5.91 Å². The van der Waals surface area contributed by atoms with Crippen LogP contribution in [0.25, 0.3) is 0 Å². The maximum Gasteiger partial charge on any atom is 0.240 e. The Balaban J connectivity index is 1.92. The van der Waals surface area contributed by atoms with Gasteiger partial charge in [0.15, 0.2) is 0 Å². The zero-order chi connectivity index (χ0) is 15.7. The van der Waals surface area contributed by atoms with Crippen LogP contribution in [0.5, 0.6) is 0 Å². The highest BCUT2D eigenvalue weighted by Gasteiger charge is 2.31. The number of rotatable bonds is 2. The second-order valence-electron chi connectivity index (χ2n) is 5.19. The van der Waals surface area contributed by atoms with E-state index >= 15 is 0 Å². The molecule has 0 bridgehead atoms. The highest BCUT2D eigenvalue weighted by molar-refractivity contribution is 9.10. The van der Waals surface area contributed by atoms with Crippen LogP contribution in [0.1, 0.15) is 30.5 Å². The van der Waals surface area contributed by atoms with Gasteiger partial charge in [0.05, 0.1) is 11.8 Å². The minimum Gasteiger partial charge on any atom is -0.273 e. The fourth-order valence-electron chi connectivity index (χ4n) is 2.56. The van der Waals surface area contributed by atoms with Crippen LogP contribution < -0.4 is 0 Å². The Labute approximate surface area is 142 Å². The second kappa shape index (κ2) is 6.23. The molecule has 0 saturated heterocycles. The van der Waals surface area contributed by atoms with Crippen LogP contribution in [0.4, 0.5) is 0 Å². The van der Waals surface area contributed by atoms with Crippen molar-refractivity contribution in [1.29, 1.82) is 0 Å². The van der Waals surface area contributed by atoms with E-state index in [0.29, 0.717) is 11.4 Å². The van der Waals surface area contributed by atoms with Crippen molar-refractivity contribution < 1.29 is 4.79 Å². The summed E-state index contributed by atoms with van der Waals surface area (Å²) in [5, 5.41) is 6.76. The maximum absolute atomic E-state index is 11.9. The topological polar surface area (TPSA) is 32.7 Å². The molecule has 112 valence electrons. The Hall–Kier alpha value is -1.65. The van der Waals surface area contributed by atoms with Gasteiger partial charge in [-0.25, -0.2) is 5.01 Å². The molecule has 3 rings (SSSR count). The molecule has 1 aliphatic rings. The molecule has 2 aromatic carbocycles. The summed E-state index contributed by atoms with van der Waals surface area (Å²) in [6, 6.07) is 15.5. The van der Waals surface area contributed by atoms with Gasteiger partial charge in [-0.3, -0.25) is 4.79 Å². The third kappa shape index (κ3) is 3.08. The Bertz CT molecular complexity index is 725. The van der Waals surface area contributed by atoms with E-state index in [0.717, 1.165) is 21.3 Å². The van der Waals surface area contributed by atoms with Crippen molar-refractivity contribution in [3.8, 4) is 0 Å². The maximum atomic E-state index is 11.9. The fraction of sp³-hybridized carbons (Fsp3) is 0.176. The van der Waals surface area contributed by atoms with E-state index in [1.54, 1.807) is 5.01 Å². The van der Waals surface area contributed by atoms with Gasteiger partial charge in [-0.15, -0.1) is 0 Å². The first-order valence-corrected chi connectivity index (χ1v) is 8.10. The summed E-state index contributed by atoms with van der Waals surface area (Å²) in [7, 11) is 0. The molecular formula is C17H14BrClN2O. The van der Waals surface area contributed by atoms with E-state index in [2.05, 4.69) is 21.0 Å². The first-order chi connectivity index (χ1) is 10.5. The molecule has 0 fully saturated rings. The molecule has 0 radical (unpaired) electrons. The SMILES string of the molecule is CC(=O)N1N=C(c2ccc(Br)cc2)CC1c1ccc(Cl)cc1. The average molecular weight is 378 g/mol. The number of carbonyl (C=O) groups is 1. The minimum absolute atomic E-state index is 0.0629. The molecular weight excluding hydrogens is 364 g/mol. The van der Waals surface area contributed by atoms with Crippen molar-refractivity contribution in [2.24, 2.45) is 5.10 Å². The standard InChI is InChI=1S/C17H14BrClN2O/c1-11(22)21-17(13-4-8-15(19)9-5-13)10-16(20-21)12-2-6-14(18)7-3-12/h2-9,17H,10H2,1H3. The van der Waals surface area contributed by atoms with E-state index in [9.17, 15) is 4.79 Å². The molecule has 5 heteroatoms. The van der Waals surface area contributed by atoms with Gasteiger partial charge < -0.3 is 0 Å². The third-order valence-electron chi connectivity index (χ3n) is 3.67. The summed E-state index contributed by atoms with van der Waals surface area (Å²) in [6.45, 7) is 1.54. The lowest BCUT2D eigenvalue weighted by Gasteiger charge is -2.20. The van der Waals surface area contributed by atoms with Gasteiger partial charge in [0.1, 0.15) is 0 Å². The Morgan fingerprint density at radius 1 is 1.18 bits per heavy atom. The molecule has 22 heavy (non-hydrogen) atoms. The molecule has 1 aliphatic heterocycles. The first kappa shape index (κ1) is 15.3. The van der Waals surface area contributed by atoms with Gasteiger partial charge in [0, 0.05) is 22.8 Å². The summed E-state index contributed by atoms with van der Waals surface area (Å²) in [6.07, 6.45) is 0.697. The number of nitrogens with zero attached hydrogens (tertiary/aromatic N) is 2. The number of hydrogen-bond donors (Lipinski definition) is 0. The van der Waals surface area contributed by atoms with Gasteiger partial charge in [-0.05, 0) is 35.4 Å². The van der Waals surface area contributed by atoms with Crippen molar-refractivity contribution in [1.82, 2.24) is 5.01 Å². The van der Waals surface area contributed by atoms with Crippen molar-refractivity contribution in [2.75, 3.05) is 0 Å². The van der Waals surface area contributed by atoms with Crippen molar-refractivity contribution in [3.05, 3.63) is 69.2 Å². The summed E-state index contributed by atoms with van der Waals surface area (Å²) >= 11 is 9.37. The normalized spacial score (nSPS) is 17.5. The largest absolute Gasteiger partial charge is 0.273 e. The summed E-state index contributed by atoms with van der Waals surface area (Å²) in [5.74, 6) is -0.0629. The average Bonchev–Trinajstić information content (AvgIpc) is 2.94. The Morgan fingerprint density at radius 3 is 2.41 bits per heavy atom. The first-order valence-electron chi connectivity index (χ1n) is 6.93. The quantitative estimate of drug-likeness (QED) is 0.740. The zero-order valence-electron chi connectivity index (χ0n) is 12.0. The monoisotopic (exact) mass is 376 g/mol. The molecule has 0 aromatic heterocycles. The van der Waals surface area contributed by atoms with Crippen LogP contribution in [-0.2, 0) is 4.79 Å². The lowest BCUT2D eigenvalue weighted by Crippen LogP contribution is -2.24. The molecule has 3 nitrogen and oxygen atoms in total. The minimum atomic E-state index is -0.0755. The number of hydrogen-bond acceptors (Lipinski definition) is 2. The Morgan fingerprint density at radius 2 is 1.82 bits per heavy atom. The predicted octanol–water partition coefficient (Wildman–Crippen LogP) is 4.80. The van der Waals surface area contributed by atoms with E-state index < -0.39 is 0 Å². The highest BCUT2D eigenvalue weighted by Crippen LogP contribution is 2.33. The smallest absolute Gasteiger partial charge is 0.240 e. The molecule has 0 N–H and O–H groups in total. The molecule has 1 heterocycles. The number of halogens is 2. The zero-order valence-corrected chi connectivity index (χ0v) is 14.3. The molecule has 0 aliphatic carbocycles. The lowest BCUT2D eigenvalue weighted by atomic mass is 9.98. The van der Waals surface area contributed by atoms with Gasteiger partial charge in [-0.1, -0.05) is 51.8 Å². The van der Waals surface area contributed by atoms with Crippen LogP contribution >= 0.6 is 27.5 Å². The van der Waals surface area contributed by atoms with Crippen LogP contribution in [0.3, 0.4) is 0 Å². The molecule has 1 amide bonds. The number of hydrazone groups is 1. The van der Waals surface area contributed by atoms with Crippen LogP contribution in [0.2, 0.25) is 5.02 Å². The number of carbonyl (C=O) groups excluding carboxylic acids is 1. The van der Waals surface area contributed by atoms with Crippen molar-refractivity contribution in [3.63, 3.8) is 0 Å². The molecule has 0 spiro atoms. The van der Waals surface area contributed by atoms with E-state index in [-0.39, 0.29) is 11.9 Å². The summed E-state index contributed by atoms with van der Waals surface area (Å²) in [4.78, 5) is 11.9. The third-order valence-corrected chi connectivity index (χ3v) is 4.45. The van der Waals surface area contributed by atoms with E-state index in [4.69, 9.17) is 11.6 Å². The molecule has 1 unspecified atom stereocenters. The van der Waals surface area contributed by atoms with Crippen LogP contribution in [-0.4, -0.2) is 16.6 Å². The van der Waals surface area contributed by atoms with Crippen LogP contribution in [0, 0.1) is 0 Å². The summed E-state index contributed by atoms with van der Waals surface area (Å²) < 4.78 is 1.02. The molecule has 1 atom stereocenters. The number of amides is 1. The van der Waals surface area contributed by atoms with E-state index in [1.807, 2.05) is 48.5 Å². The van der Waals surface area contributed by atoms with Gasteiger partial charge >= 0.3 is 0 Å².